The van der Waals surface area contributed by atoms with E-state index in [1.807, 2.05) is 12.1 Å². The molecule has 5 heteroatoms. The second-order valence-electron chi connectivity index (χ2n) is 3.55. The quantitative estimate of drug-likeness (QED) is 0.689. The fourth-order valence-electron chi connectivity index (χ4n) is 1.68. The third kappa shape index (κ3) is 1.72. The molecule has 2 heterocycles. The Morgan fingerprint density at radius 1 is 1.12 bits per heavy atom. The Morgan fingerprint density at radius 2 is 1.88 bits per heavy atom. The van der Waals surface area contributed by atoms with Gasteiger partial charge in [0, 0.05) is 11.8 Å². The highest BCUT2D eigenvalue weighted by Crippen LogP contribution is 2.24. The fraction of sp³-hybridized carbons (Fsp3) is 0. The van der Waals surface area contributed by atoms with Gasteiger partial charge in [-0.15, -0.1) is 0 Å². The summed E-state index contributed by atoms with van der Waals surface area (Å²) in [6.07, 6.45) is 1.69. The minimum Gasteiger partial charge on any atom is -0.219 e. The third-order valence-corrected chi connectivity index (χ3v) is 3.05. The molecule has 0 spiro atoms. The number of benzene rings is 1. The molecule has 3 aromatic rings. The highest BCUT2D eigenvalue weighted by atomic mass is 79.9. The van der Waals surface area contributed by atoms with Crippen molar-refractivity contribution in [3.05, 3.63) is 53.0 Å². The standard InChI is InChI=1S/C12H7BrFN3/c13-11-10-2-1-7-15-17(10)12(16-11)8-3-5-9(14)6-4-8/h1-7H. The van der Waals surface area contributed by atoms with Crippen molar-refractivity contribution < 1.29 is 4.39 Å². The maximum absolute atomic E-state index is 12.9. The van der Waals surface area contributed by atoms with E-state index in [4.69, 9.17) is 0 Å². The summed E-state index contributed by atoms with van der Waals surface area (Å²) in [4.78, 5) is 4.38. The van der Waals surface area contributed by atoms with Gasteiger partial charge >= 0.3 is 0 Å². The molecule has 2 aromatic heterocycles. The number of hydrogen-bond donors (Lipinski definition) is 0. The predicted molar refractivity (Wildman–Crippen MR) is 66.1 cm³/mol. The molecule has 0 radical (unpaired) electrons. The Kier molecular flexibility index (Phi) is 2.40. The SMILES string of the molecule is Fc1ccc(-c2nc(Br)c3cccnn23)cc1. The van der Waals surface area contributed by atoms with Crippen molar-refractivity contribution >= 4 is 21.4 Å². The first-order valence-corrected chi connectivity index (χ1v) is 5.80. The molecule has 3 rings (SSSR count). The highest BCUT2D eigenvalue weighted by molar-refractivity contribution is 9.10. The Morgan fingerprint density at radius 3 is 2.65 bits per heavy atom. The molecule has 0 amide bonds. The van der Waals surface area contributed by atoms with Crippen molar-refractivity contribution in [2.75, 3.05) is 0 Å². The number of halogens is 2. The molecule has 1 aromatic carbocycles. The van der Waals surface area contributed by atoms with E-state index in [0.29, 0.717) is 5.82 Å². The smallest absolute Gasteiger partial charge is 0.162 e. The van der Waals surface area contributed by atoms with Crippen LogP contribution in [0.5, 0.6) is 0 Å². The van der Waals surface area contributed by atoms with Crippen LogP contribution in [-0.2, 0) is 0 Å². The van der Waals surface area contributed by atoms with E-state index >= 15 is 0 Å². The lowest BCUT2D eigenvalue weighted by Gasteiger charge is -1.99. The number of hydrogen-bond acceptors (Lipinski definition) is 2. The van der Waals surface area contributed by atoms with Crippen LogP contribution < -0.4 is 0 Å². The van der Waals surface area contributed by atoms with Crippen molar-refractivity contribution in [1.82, 2.24) is 14.6 Å². The van der Waals surface area contributed by atoms with E-state index in [-0.39, 0.29) is 5.82 Å². The van der Waals surface area contributed by atoms with Gasteiger partial charge in [0.05, 0.1) is 5.52 Å². The molecule has 0 aliphatic heterocycles. The normalized spacial score (nSPS) is 10.9. The molecule has 0 saturated heterocycles. The van der Waals surface area contributed by atoms with Gasteiger partial charge in [0.25, 0.3) is 0 Å². The topological polar surface area (TPSA) is 30.2 Å². The van der Waals surface area contributed by atoms with Gasteiger partial charge < -0.3 is 0 Å². The molecule has 0 unspecified atom stereocenters. The van der Waals surface area contributed by atoms with Crippen LogP contribution in [-0.4, -0.2) is 14.6 Å². The van der Waals surface area contributed by atoms with Crippen LogP contribution in [0.3, 0.4) is 0 Å². The lowest BCUT2D eigenvalue weighted by molar-refractivity contribution is 0.628. The van der Waals surface area contributed by atoms with E-state index in [2.05, 4.69) is 26.0 Å². The van der Waals surface area contributed by atoms with Crippen LogP contribution in [0.25, 0.3) is 16.9 Å². The van der Waals surface area contributed by atoms with Gasteiger partial charge in [0.15, 0.2) is 5.82 Å². The first-order valence-electron chi connectivity index (χ1n) is 5.01. The molecular formula is C12H7BrFN3. The van der Waals surface area contributed by atoms with Crippen molar-refractivity contribution in [2.24, 2.45) is 0 Å². The van der Waals surface area contributed by atoms with Gasteiger partial charge in [0.2, 0.25) is 0 Å². The van der Waals surface area contributed by atoms with Crippen LogP contribution >= 0.6 is 15.9 Å². The summed E-state index contributed by atoms with van der Waals surface area (Å²) < 4.78 is 15.3. The van der Waals surface area contributed by atoms with Gasteiger partial charge in [-0.3, -0.25) is 0 Å². The Bertz CT molecular complexity index is 676. The molecule has 0 aliphatic carbocycles. The Balaban J connectivity index is 2.27. The van der Waals surface area contributed by atoms with Crippen molar-refractivity contribution in [2.45, 2.75) is 0 Å². The molecule has 17 heavy (non-hydrogen) atoms. The van der Waals surface area contributed by atoms with Crippen molar-refractivity contribution in [1.29, 1.82) is 0 Å². The van der Waals surface area contributed by atoms with Crippen LogP contribution in [0.1, 0.15) is 0 Å². The van der Waals surface area contributed by atoms with E-state index in [0.717, 1.165) is 15.7 Å². The highest BCUT2D eigenvalue weighted by Gasteiger charge is 2.11. The van der Waals surface area contributed by atoms with Gasteiger partial charge in [0.1, 0.15) is 10.4 Å². The van der Waals surface area contributed by atoms with Crippen LogP contribution in [0.4, 0.5) is 4.39 Å². The summed E-state index contributed by atoms with van der Waals surface area (Å²) in [5, 5.41) is 4.23. The molecule has 0 bridgehead atoms. The Labute approximate surface area is 105 Å². The number of imidazole rings is 1. The summed E-state index contributed by atoms with van der Waals surface area (Å²) in [5.41, 5.74) is 1.71. The lowest BCUT2D eigenvalue weighted by Crippen LogP contribution is -1.93. The first-order chi connectivity index (χ1) is 8.25. The predicted octanol–water partition coefficient (Wildman–Crippen LogP) is 3.30. The van der Waals surface area contributed by atoms with Crippen molar-refractivity contribution in [3.8, 4) is 11.4 Å². The second kappa shape index (κ2) is 3.92. The van der Waals surface area contributed by atoms with E-state index in [1.54, 1.807) is 22.8 Å². The van der Waals surface area contributed by atoms with Crippen LogP contribution in [0, 0.1) is 5.82 Å². The lowest BCUT2D eigenvalue weighted by atomic mass is 10.2. The number of fused-ring (bicyclic) bond motifs is 1. The third-order valence-electron chi connectivity index (χ3n) is 2.47. The average Bonchev–Trinajstić information content (AvgIpc) is 2.69. The summed E-state index contributed by atoms with van der Waals surface area (Å²) in [6, 6.07) is 9.95. The molecular weight excluding hydrogens is 285 g/mol. The maximum Gasteiger partial charge on any atom is 0.162 e. The van der Waals surface area contributed by atoms with Crippen LogP contribution in [0.15, 0.2) is 47.2 Å². The van der Waals surface area contributed by atoms with Gasteiger partial charge in [-0.1, -0.05) is 0 Å². The molecule has 0 aliphatic rings. The number of aromatic nitrogens is 3. The van der Waals surface area contributed by atoms with Gasteiger partial charge in [-0.05, 0) is 52.3 Å². The fourth-order valence-corrected chi connectivity index (χ4v) is 2.15. The molecule has 0 saturated carbocycles. The summed E-state index contributed by atoms with van der Waals surface area (Å²) in [5.74, 6) is 0.425. The van der Waals surface area contributed by atoms with Gasteiger partial charge in [-0.2, -0.15) is 5.10 Å². The number of nitrogens with zero attached hydrogens (tertiary/aromatic N) is 3. The van der Waals surface area contributed by atoms with E-state index < -0.39 is 0 Å². The van der Waals surface area contributed by atoms with E-state index in [9.17, 15) is 4.39 Å². The average molecular weight is 292 g/mol. The first kappa shape index (κ1) is 10.4. The summed E-state index contributed by atoms with van der Waals surface area (Å²) in [6.45, 7) is 0. The maximum atomic E-state index is 12.9. The zero-order chi connectivity index (χ0) is 11.8. The van der Waals surface area contributed by atoms with E-state index in [1.165, 1.54) is 12.1 Å². The largest absolute Gasteiger partial charge is 0.219 e. The molecule has 0 N–H and O–H groups in total. The zero-order valence-corrected chi connectivity index (χ0v) is 10.2. The zero-order valence-electron chi connectivity index (χ0n) is 8.64. The minimum absolute atomic E-state index is 0.262. The number of rotatable bonds is 1. The van der Waals surface area contributed by atoms with Gasteiger partial charge in [-0.25, -0.2) is 13.9 Å². The monoisotopic (exact) mass is 291 g/mol. The minimum atomic E-state index is -0.262. The molecule has 3 nitrogen and oxygen atoms in total. The molecule has 0 fully saturated rings. The molecule has 0 atom stereocenters. The molecule has 84 valence electrons. The Hall–Kier alpha value is -1.75. The summed E-state index contributed by atoms with van der Waals surface area (Å²) >= 11 is 3.38. The second-order valence-corrected chi connectivity index (χ2v) is 4.30. The van der Waals surface area contributed by atoms with Crippen LogP contribution in [0.2, 0.25) is 0 Å². The van der Waals surface area contributed by atoms with Crippen molar-refractivity contribution in [3.63, 3.8) is 0 Å². The summed E-state index contributed by atoms with van der Waals surface area (Å²) in [7, 11) is 0.